The van der Waals surface area contributed by atoms with E-state index in [0.717, 1.165) is 49.7 Å². The van der Waals surface area contributed by atoms with Gasteiger partial charge in [0, 0.05) is 18.5 Å². The fourth-order valence-electron chi connectivity index (χ4n) is 5.32. The first-order valence-electron chi connectivity index (χ1n) is 15.2. The minimum absolute atomic E-state index is 0.00839. The maximum atomic E-state index is 14.5. The van der Waals surface area contributed by atoms with Gasteiger partial charge in [0.1, 0.15) is 17.7 Å². The lowest BCUT2D eigenvalue weighted by Gasteiger charge is -2.40. The van der Waals surface area contributed by atoms with Gasteiger partial charge in [0.15, 0.2) is 0 Å². The second-order valence-corrected chi connectivity index (χ2v) is 12.9. The average Bonchev–Trinajstić information content (AvgIpc) is 2.87. The van der Waals surface area contributed by atoms with Gasteiger partial charge in [0.05, 0.1) is 0 Å². The highest BCUT2D eigenvalue weighted by molar-refractivity contribution is 5.93. The Hall–Kier alpha value is -3.10. The van der Waals surface area contributed by atoms with Crippen LogP contribution in [-0.2, 0) is 19.1 Å². The molecule has 0 aliphatic heterocycles. The maximum absolute atomic E-state index is 14.5. The molecule has 230 valence electrons. The lowest BCUT2D eigenvalue weighted by atomic mass is 9.92. The molecule has 0 heterocycles. The van der Waals surface area contributed by atoms with E-state index in [0.29, 0.717) is 12.3 Å². The zero-order valence-electron chi connectivity index (χ0n) is 26.1. The molecular formula is C32H52N4O5. The molecule has 0 saturated heterocycles. The minimum atomic E-state index is -1.10. The number of carbonyl (C=O) groups is 4. The second-order valence-electron chi connectivity index (χ2n) is 12.9. The molecule has 3 atom stereocenters. The van der Waals surface area contributed by atoms with Gasteiger partial charge in [-0.25, -0.2) is 4.79 Å². The van der Waals surface area contributed by atoms with Gasteiger partial charge in [0.25, 0.3) is 0 Å². The largest absolute Gasteiger partial charge is 0.444 e. The summed E-state index contributed by atoms with van der Waals surface area (Å²) in [4.78, 5) is 54.8. The Morgan fingerprint density at radius 3 is 2.20 bits per heavy atom. The highest BCUT2D eigenvalue weighted by Crippen LogP contribution is 2.31. The zero-order valence-corrected chi connectivity index (χ0v) is 26.1. The van der Waals surface area contributed by atoms with Crippen LogP contribution in [0.3, 0.4) is 0 Å². The number of rotatable bonds is 13. The molecule has 0 aromatic heterocycles. The van der Waals surface area contributed by atoms with E-state index in [9.17, 15) is 19.2 Å². The van der Waals surface area contributed by atoms with Crippen molar-refractivity contribution in [2.24, 2.45) is 11.7 Å². The predicted octanol–water partition coefficient (Wildman–Crippen LogP) is 5.30. The summed E-state index contributed by atoms with van der Waals surface area (Å²) in [7, 11) is 0. The third-order valence-corrected chi connectivity index (χ3v) is 7.52. The smallest absolute Gasteiger partial charge is 0.408 e. The van der Waals surface area contributed by atoms with Crippen LogP contribution < -0.4 is 16.4 Å². The molecule has 9 heteroatoms. The number of ether oxygens (including phenoxy) is 1. The van der Waals surface area contributed by atoms with Gasteiger partial charge < -0.3 is 26.0 Å². The van der Waals surface area contributed by atoms with E-state index in [2.05, 4.69) is 24.5 Å². The molecule has 4 N–H and O–H groups in total. The predicted molar refractivity (Wildman–Crippen MR) is 161 cm³/mol. The number of nitrogens with one attached hydrogen (secondary N) is 2. The van der Waals surface area contributed by atoms with Crippen LogP contribution in [0.25, 0.3) is 0 Å². The summed E-state index contributed by atoms with van der Waals surface area (Å²) >= 11 is 0. The Balaban J connectivity index is 2.57. The van der Waals surface area contributed by atoms with Gasteiger partial charge >= 0.3 is 6.09 Å². The molecule has 3 unspecified atom stereocenters. The topological polar surface area (TPSA) is 131 Å². The van der Waals surface area contributed by atoms with Crippen LogP contribution in [0.4, 0.5) is 4.79 Å². The van der Waals surface area contributed by atoms with E-state index >= 15 is 0 Å². The Morgan fingerprint density at radius 2 is 1.63 bits per heavy atom. The number of benzene rings is 1. The van der Waals surface area contributed by atoms with E-state index in [4.69, 9.17) is 10.5 Å². The van der Waals surface area contributed by atoms with E-state index in [1.807, 2.05) is 38.1 Å². The van der Waals surface area contributed by atoms with E-state index in [1.165, 1.54) is 0 Å². The standard InChI is InChI=1S/C32H52N4O5/c1-21(2)17-18-23(4)36(30(39)26(19-20-27(33)37)35-31(40)41-32(5,6)7)28(25-16-12-11-13-22(25)3)29(38)34-24-14-9-8-10-15-24/h11-13,16,21,23-24,26,28H,8-10,14-15,17-20H2,1-7H3,(H2,33,37)(H,34,38)(H,35,40). The quantitative estimate of drug-likeness (QED) is 0.295. The maximum Gasteiger partial charge on any atom is 0.408 e. The lowest BCUT2D eigenvalue weighted by Crippen LogP contribution is -2.56. The molecule has 2 rings (SSSR count). The van der Waals surface area contributed by atoms with Crippen molar-refractivity contribution in [3.8, 4) is 0 Å². The van der Waals surface area contributed by atoms with Crippen LogP contribution in [0.2, 0.25) is 0 Å². The molecule has 1 saturated carbocycles. The summed E-state index contributed by atoms with van der Waals surface area (Å²) in [5.74, 6) is -0.867. The summed E-state index contributed by atoms with van der Waals surface area (Å²) in [6.45, 7) is 13.3. The van der Waals surface area contributed by atoms with E-state index in [-0.39, 0.29) is 30.8 Å². The van der Waals surface area contributed by atoms with Gasteiger partial charge in [0.2, 0.25) is 17.7 Å². The molecule has 9 nitrogen and oxygen atoms in total. The van der Waals surface area contributed by atoms with E-state index < -0.39 is 35.6 Å². The third kappa shape index (κ3) is 11.4. The first-order chi connectivity index (χ1) is 19.2. The van der Waals surface area contributed by atoms with Gasteiger partial charge in [-0.1, -0.05) is 57.4 Å². The molecule has 0 spiro atoms. The van der Waals surface area contributed by atoms with Crippen molar-refractivity contribution in [3.05, 3.63) is 35.4 Å². The average molecular weight is 573 g/mol. The summed E-state index contributed by atoms with van der Waals surface area (Å²) in [6.07, 6.45) is 5.71. The highest BCUT2D eigenvalue weighted by Gasteiger charge is 2.40. The number of amides is 4. The highest BCUT2D eigenvalue weighted by atomic mass is 16.6. The third-order valence-electron chi connectivity index (χ3n) is 7.52. The normalized spacial score (nSPS) is 16.4. The fraction of sp³-hybridized carbons (Fsp3) is 0.688. The zero-order chi connectivity index (χ0) is 30.7. The number of hydrogen-bond acceptors (Lipinski definition) is 5. The molecule has 1 fully saturated rings. The molecular weight excluding hydrogens is 520 g/mol. The van der Waals surface area contributed by atoms with Gasteiger partial charge in [-0.05, 0) is 83.8 Å². The Labute approximate surface area is 246 Å². The van der Waals surface area contributed by atoms with Crippen molar-refractivity contribution in [1.82, 2.24) is 15.5 Å². The molecule has 1 aromatic rings. The SMILES string of the molecule is Cc1ccccc1C(C(=O)NC1CCCCC1)N(C(=O)C(CCC(N)=O)NC(=O)OC(C)(C)C)C(C)CCC(C)C. The van der Waals surface area contributed by atoms with Gasteiger partial charge in [-0.2, -0.15) is 0 Å². The van der Waals surface area contributed by atoms with Crippen LogP contribution in [0.1, 0.15) is 116 Å². The second kappa shape index (κ2) is 15.8. The Bertz CT molecular complexity index is 1030. The summed E-state index contributed by atoms with van der Waals surface area (Å²) in [5.41, 5.74) is 6.28. The van der Waals surface area contributed by atoms with Crippen LogP contribution in [0.5, 0.6) is 0 Å². The van der Waals surface area contributed by atoms with Gasteiger partial charge in [-0.3, -0.25) is 14.4 Å². The van der Waals surface area contributed by atoms with Crippen molar-refractivity contribution < 1.29 is 23.9 Å². The number of hydrogen-bond donors (Lipinski definition) is 3. The number of primary amides is 1. The molecule has 1 aliphatic carbocycles. The summed E-state index contributed by atoms with van der Waals surface area (Å²) in [6, 6.07) is 5.30. The molecule has 41 heavy (non-hydrogen) atoms. The van der Waals surface area contributed by atoms with Crippen molar-refractivity contribution >= 4 is 23.8 Å². The van der Waals surface area contributed by atoms with Crippen molar-refractivity contribution in [3.63, 3.8) is 0 Å². The van der Waals surface area contributed by atoms with Crippen molar-refractivity contribution in [2.45, 2.75) is 136 Å². The van der Waals surface area contributed by atoms with Crippen molar-refractivity contribution in [1.29, 1.82) is 0 Å². The summed E-state index contributed by atoms with van der Waals surface area (Å²) in [5, 5.41) is 5.92. The first-order valence-corrected chi connectivity index (χ1v) is 15.2. The molecule has 4 amide bonds. The first kappa shape index (κ1) is 34.1. The van der Waals surface area contributed by atoms with Crippen LogP contribution in [-0.4, -0.2) is 52.4 Å². The molecule has 0 radical (unpaired) electrons. The number of nitrogens with two attached hydrogens (primary N) is 1. The molecule has 1 aliphatic rings. The van der Waals surface area contributed by atoms with Crippen LogP contribution >= 0.6 is 0 Å². The molecule has 1 aromatic carbocycles. The van der Waals surface area contributed by atoms with Gasteiger partial charge in [-0.15, -0.1) is 0 Å². The Morgan fingerprint density at radius 1 is 1.00 bits per heavy atom. The van der Waals surface area contributed by atoms with E-state index in [1.54, 1.807) is 25.7 Å². The number of carbonyl (C=O) groups excluding carboxylic acids is 4. The van der Waals surface area contributed by atoms with Crippen molar-refractivity contribution in [2.75, 3.05) is 0 Å². The fourth-order valence-corrected chi connectivity index (χ4v) is 5.32. The minimum Gasteiger partial charge on any atom is -0.444 e. The lowest BCUT2D eigenvalue weighted by molar-refractivity contribution is -0.145. The number of nitrogens with zero attached hydrogens (tertiary/aromatic N) is 1. The monoisotopic (exact) mass is 572 g/mol. The van der Waals surface area contributed by atoms with Crippen LogP contribution in [0, 0.1) is 12.8 Å². The molecule has 0 bridgehead atoms. The number of alkyl carbamates (subject to hydrolysis) is 1. The summed E-state index contributed by atoms with van der Waals surface area (Å²) < 4.78 is 5.44. The number of aryl methyl sites for hydroxylation is 1. The Kier molecular flexibility index (Phi) is 13.1. The van der Waals surface area contributed by atoms with Crippen LogP contribution in [0.15, 0.2) is 24.3 Å².